The third kappa shape index (κ3) is 4.56. The molecule has 0 saturated carbocycles. The van der Waals surface area contributed by atoms with Gasteiger partial charge in [0.05, 0.1) is 17.1 Å². The maximum absolute atomic E-state index is 11.9. The number of ether oxygens (including phenoxy) is 1. The number of amides is 2. The molecule has 132 valence electrons. The number of likely N-dealkylation sites (tertiary alicyclic amines) is 1. The largest absolute Gasteiger partial charge is 0.454 e. The van der Waals surface area contributed by atoms with Crippen LogP contribution < -0.4 is 5.32 Å². The predicted molar refractivity (Wildman–Crippen MR) is 87.3 cm³/mol. The van der Waals surface area contributed by atoms with Gasteiger partial charge in [-0.3, -0.25) is 19.1 Å². The van der Waals surface area contributed by atoms with Crippen molar-refractivity contribution in [2.45, 2.75) is 39.5 Å². The monoisotopic (exact) mass is 336 g/mol. The lowest BCUT2D eigenvalue weighted by molar-refractivity contribution is -0.151. The van der Waals surface area contributed by atoms with Crippen molar-refractivity contribution in [3.8, 4) is 0 Å². The first-order valence-corrected chi connectivity index (χ1v) is 8.12. The molecule has 1 N–H and O–H groups in total. The average molecular weight is 336 g/mol. The minimum Gasteiger partial charge on any atom is -0.454 e. The Hall–Kier alpha value is -2.38. The summed E-state index contributed by atoms with van der Waals surface area (Å²) in [6.45, 7) is 3.71. The molecule has 0 atom stereocenters. The van der Waals surface area contributed by atoms with Crippen LogP contribution in [0.25, 0.3) is 0 Å². The Labute approximate surface area is 141 Å². The van der Waals surface area contributed by atoms with Crippen molar-refractivity contribution in [2.75, 3.05) is 25.0 Å². The number of aromatic nitrogens is 2. The predicted octanol–water partition coefficient (Wildman–Crippen LogP) is 0.921. The van der Waals surface area contributed by atoms with Crippen molar-refractivity contribution < 1.29 is 19.1 Å². The van der Waals surface area contributed by atoms with Crippen molar-refractivity contribution in [1.29, 1.82) is 0 Å². The van der Waals surface area contributed by atoms with Gasteiger partial charge in [0, 0.05) is 20.0 Å². The minimum atomic E-state index is -0.569. The highest BCUT2D eigenvalue weighted by molar-refractivity contribution is 5.94. The van der Waals surface area contributed by atoms with Crippen molar-refractivity contribution in [1.82, 2.24) is 14.7 Å². The zero-order valence-corrected chi connectivity index (χ0v) is 14.4. The summed E-state index contributed by atoms with van der Waals surface area (Å²) in [6, 6.07) is 0. The van der Waals surface area contributed by atoms with E-state index in [9.17, 15) is 14.4 Å². The maximum Gasteiger partial charge on any atom is 0.326 e. The van der Waals surface area contributed by atoms with E-state index in [-0.39, 0.29) is 19.1 Å². The molecule has 0 aromatic carbocycles. The summed E-state index contributed by atoms with van der Waals surface area (Å²) >= 11 is 0. The zero-order valence-electron chi connectivity index (χ0n) is 14.4. The van der Waals surface area contributed by atoms with Crippen molar-refractivity contribution in [3.05, 3.63) is 11.4 Å². The molecule has 1 aliphatic heterocycles. The van der Waals surface area contributed by atoms with E-state index < -0.39 is 11.9 Å². The molecule has 8 heteroatoms. The van der Waals surface area contributed by atoms with Gasteiger partial charge in [0.25, 0.3) is 5.91 Å². The molecule has 0 unspecified atom stereocenters. The summed E-state index contributed by atoms with van der Waals surface area (Å²) in [7, 11) is 1.79. The Kier molecular flexibility index (Phi) is 5.94. The number of rotatable bonds is 5. The number of nitrogens with zero attached hydrogens (tertiary/aromatic N) is 3. The molecule has 24 heavy (non-hydrogen) atoms. The number of carbonyl (C=O) groups is 3. The van der Waals surface area contributed by atoms with Crippen molar-refractivity contribution >= 4 is 23.5 Å². The molecule has 0 spiro atoms. The Morgan fingerprint density at radius 2 is 2.00 bits per heavy atom. The fourth-order valence-electron chi connectivity index (χ4n) is 2.68. The Bertz CT molecular complexity index is 638. The van der Waals surface area contributed by atoms with Crippen LogP contribution in [0.1, 0.15) is 37.1 Å². The highest BCUT2D eigenvalue weighted by Crippen LogP contribution is 2.18. The van der Waals surface area contributed by atoms with Crippen LogP contribution in [0, 0.1) is 13.8 Å². The molecule has 8 nitrogen and oxygen atoms in total. The van der Waals surface area contributed by atoms with Crippen LogP contribution in [0.5, 0.6) is 0 Å². The van der Waals surface area contributed by atoms with E-state index in [0.717, 1.165) is 25.0 Å². The number of esters is 1. The van der Waals surface area contributed by atoms with Gasteiger partial charge in [-0.2, -0.15) is 5.10 Å². The highest BCUT2D eigenvalue weighted by Gasteiger charge is 2.20. The molecular weight excluding hydrogens is 312 g/mol. The first-order valence-electron chi connectivity index (χ1n) is 8.12. The van der Waals surface area contributed by atoms with E-state index in [1.54, 1.807) is 18.7 Å². The molecular formula is C16H24N4O4. The van der Waals surface area contributed by atoms with Crippen molar-refractivity contribution in [2.24, 2.45) is 7.05 Å². The SMILES string of the molecule is Cc1nn(C)c(C)c1NC(=O)COC(=O)CN1CCCCCC1=O. The second-order valence-electron chi connectivity index (χ2n) is 6.00. The van der Waals surface area contributed by atoms with Crippen LogP contribution in [0.3, 0.4) is 0 Å². The normalized spacial score (nSPS) is 15.1. The lowest BCUT2D eigenvalue weighted by atomic mass is 10.2. The van der Waals surface area contributed by atoms with E-state index in [1.165, 1.54) is 4.90 Å². The topological polar surface area (TPSA) is 93.5 Å². The molecule has 2 amide bonds. The van der Waals surface area contributed by atoms with E-state index in [2.05, 4.69) is 10.4 Å². The number of hydrogen-bond donors (Lipinski definition) is 1. The zero-order chi connectivity index (χ0) is 17.7. The smallest absolute Gasteiger partial charge is 0.326 e. The van der Waals surface area contributed by atoms with E-state index in [0.29, 0.717) is 24.3 Å². The summed E-state index contributed by atoms with van der Waals surface area (Å²) in [4.78, 5) is 37.1. The number of aryl methyl sites for hydroxylation is 2. The van der Waals surface area contributed by atoms with Crippen LogP contribution in [-0.4, -0.2) is 52.2 Å². The molecule has 2 heterocycles. The Morgan fingerprint density at radius 1 is 1.25 bits per heavy atom. The molecule has 1 fully saturated rings. The van der Waals surface area contributed by atoms with E-state index in [4.69, 9.17) is 4.74 Å². The third-order valence-electron chi connectivity index (χ3n) is 4.13. The van der Waals surface area contributed by atoms with Crippen LogP contribution in [-0.2, 0) is 26.2 Å². The van der Waals surface area contributed by atoms with Gasteiger partial charge in [0.15, 0.2) is 6.61 Å². The minimum absolute atomic E-state index is 0.0319. The molecule has 0 bridgehead atoms. The third-order valence-corrected chi connectivity index (χ3v) is 4.13. The van der Waals surface area contributed by atoms with Crippen LogP contribution >= 0.6 is 0 Å². The quantitative estimate of drug-likeness (QED) is 0.807. The molecule has 1 saturated heterocycles. The van der Waals surface area contributed by atoms with Gasteiger partial charge in [-0.25, -0.2) is 0 Å². The van der Waals surface area contributed by atoms with Gasteiger partial charge in [-0.15, -0.1) is 0 Å². The van der Waals surface area contributed by atoms with Gasteiger partial charge in [-0.1, -0.05) is 6.42 Å². The summed E-state index contributed by atoms with van der Waals surface area (Å²) in [6.07, 6.45) is 3.20. The summed E-state index contributed by atoms with van der Waals surface area (Å²) < 4.78 is 6.65. The second-order valence-corrected chi connectivity index (χ2v) is 6.00. The van der Waals surface area contributed by atoms with Gasteiger partial charge in [-0.05, 0) is 26.7 Å². The maximum atomic E-state index is 11.9. The number of anilines is 1. The number of nitrogens with one attached hydrogen (secondary N) is 1. The summed E-state index contributed by atoms with van der Waals surface area (Å²) in [5.41, 5.74) is 2.15. The fourth-order valence-corrected chi connectivity index (χ4v) is 2.68. The molecule has 1 aliphatic rings. The molecule has 1 aromatic rings. The lowest BCUT2D eigenvalue weighted by Gasteiger charge is -2.19. The van der Waals surface area contributed by atoms with Gasteiger partial charge in [0.2, 0.25) is 5.91 Å². The van der Waals surface area contributed by atoms with Gasteiger partial charge in [0.1, 0.15) is 6.54 Å². The van der Waals surface area contributed by atoms with Crippen LogP contribution in [0.4, 0.5) is 5.69 Å². The molecule has 2 rings (SSSR count). The molecule has 1 aromatic heterocycles. The Morgan fingerprint density at radius 3 is 2.67 bits per heavy atom. The molecule has 0 aliphatic carbocycles. The van der Waals surface area contributed by atoms with Crippen LogP contribution in [0.2, 0.25) is 0 Å². The number of hydrogen-bond acceptors (Lipinski definition) is 5. The van der Waals surface area contributed by atoms with Gasteiger partial charge < -0.3 is 15.0 Å². The lowest BCUT2D eigenvalue weighted by Crippen LogP contribution is -2.36. The van der Waals surface area contributed by atoms with Crippen LogP contribution in [0.15, 0.2) is 0 Å². The second kappa shape index (κ2) is 7.94. The number of carbonyl (C=O) groups excluding carboxylic acids is 3. The van der Waals surface area contributed by atoms with Gasteiger partial charge >= 0.3 is 5.97 Å². The average Bonchev–Trinajstić information content (AvgIpc) is 2.69. The fraction of sp³-hybridized carbons (Fsp3) is 0.625. The first-order chi connectivity index (χ1) is 11.4. The van der Waals surface area contributed by atoms with E-state index in [1.807, 2.05) is 6.92 Å². The molecule has 0 radical (unpaired) electrons. The Balaban J connectivity index is 1.80. The summed E-state index contributed by atoms with van der Waals surface area (Å²) in [5.74, 6) is -1.03. The first kappa shape index (κ1) is 18.0. The standard InChI is InChI=1S/C16H24N4O4/c1-11-16(12(2)19(3)18-11)17-13(21)10-24-15(23)9-20-8-6-4-5-7-14(20)22/h4-10H2,1-3H3,(H,17,21). The highest BCUT2D eigenvalue weighted by atomic mass is 16.5. The summed E-state index contributed by atoms with van der Waals surface area (Å²) in [5, 5.41) is 6.90. The van der Waals surface area contributed by atoms with Crippen molar-refractivity contribution in [3.63, 3.8) is 0 Å². The van der Waals surface area contributed by atoms with E-state index >= 15 is 0 Å².